The highest BCUT2D eigenvalue weighted by Gasteiger charge is 2.28. The molecule has 0 unspecified atom stereocenters. The van der Waals surface area contributed by atoms with Crippen molar-refractivity contribution in [3.8, 4) is 0 Å². The second kappa shape index (κ2) is 3.96. The van der Waals surface area contributed by atoms with E-state index in [9.17, 15) is 9.90 Å². The summed E-state index contributed by atoms with van der Waals surface area (Å²) in [6.45, 7) is 2.24. The average Bonchev–Trinajstić information content (AvgIpc) is 2.02. The zero-order valence-corrected chi connectivity index (χ0v) is 7.95. The van der Waals surface area contributed by atoms with E-state index in [1.165, 1.54) is 0 Å². The molecule has 1 fully saturated rings. The third kappa shape index (κ3) is 3.63. The minimum Gasteiger partial charge on any atom is -0.449 e. The SMILES string of the molecule is CC1(O)CCC(COC(N)=O)CC1. The maximum Gasteiger partial charge on any atom is 0.404 e. The molecule has 1 amide bonds. The highest BCUT2D eigenvalue weighted by atomic mass is 16.5. The van der Waals surface area contributed by atoms with Crippen molar-refractivity contribution in [2.24, 2.45) is 11.7 Å². The van der Waals surface area contributed by atoms with Gasteiger partial charge < -0.3 is 15.6 Å². The van der Waals surface area contributed by atoms with Gasteiger partial charge in [0.1, 0.15) is 0 Å². The van der Waals surface area contributed by atoms with E-state index in [0.717, 1.165) is 25.7 Å². The molecule has 0 spiro atoms. The van der Waals surface area contributed by atoms with Crippen molar-refractivity contribution < 1.29 is 14.6 Å². The molecule has 0 aliphatic heterocycles. The first kappa shape index (κ1) is 10.3. The first-order valence-electron chi connectivity index (χ1n) is 4.64. The van der Waals surface area contributed by atoms with Crippen molar-refractivity contribution in [3.05, 3.63) is 0 Å². The van der Waals surface area contributed by atoms with Crippen LogP contribution < -0.4 is 5.73 Å². The van der Waals surface area contributed by atoms with Gasteiger partial charge in [0.25, 0.3) is 0 Å². The number of ether oxygens (including phenoxy) is 1. The second-order valence-electron chi connectivity index (χ2n) is 4.07. The lowest BCUT2D eigenvalue weighted by molar-refractivity contribution is -0.00160. The van der Waals surface area contributed by atoms with E-state index < -0.39 is 11.7 Å². The summed E-state index contributed by atoms with van der Waals surface area (Å²) in [4.78, 5) is 10.3. The zero-order valence-electron chi connectivity index (χ0n) is 7.95. The number of rotatable bonds is 2. The second-order valence-corrected chi connectivity index (χ2v) is 4.07. The smallest absolute Gasteiger partial charge is 0.404 e. The molecule has 0 aromatic heterocycles. The van der Waals surface area contributed by atoms with Gasteiger partial charge >= 0.3 is 6.09 Å². The third-order valence-corrected chi connectivity index (χ3v) is 2.64. The summed E-state index contributed by atoms with van der Waals surface area (Å²) in [5, 5.41) is 9.64. The van der Waals surface area contributed by atoms with Gasteiger partial charge in [-0.25, -0.2) is 4.79 Å². The summed E-state index contributed by atoms with van der Waals surface area (Å²) in [6.07, 6.45) is 2.65. The van der Waals surface area contributed by atoms with Crippen LogP contribution in [-0.2, 0) is 4.74 Å². The normalized spacial score (nSPS) is 34.2. The van der Waals surface area contributed by atoms with Gasteiger partial charge in [0.15, 0.2) is 0 Å². The van der Waals surface area contributed by atoms with E-state index in [0.29, 0.717) is 12.5 Å². The number of hydrogen-bond acceptors (Lipinski definition) is 3. The topological polar surface area (TPSA) is 72.6 Å². The Morgan fingerprint density at radius 1 is 1.62 bits per heavy atom. The standard InChI is InChI=1S/C9H17NO3/c1-9(12)4-2-7(3-5-9)6-13-8(10)11/h7,12H,2-6H2,1H3,(H2,10,11). The van der Waals surface area contributed by atoms with Crippen molar-refractivity contribution >= 4 is 6.09 Å². The molecule has 0 bridgehead atoms. The number of carbonyl (C=O) groups is 1. The van der Waals surface area contributed by atoms with Crippen molar-refractivity contribution in [3.63, 3.8) is 0 Å². The molecule has 76 valence electrons. The first-order chi connectivity index (χ1) is 5.99. The summed E-state index contributed by atoms with van der Waals surface area (Å²) >= 11 is 0. The molecule has 0 saturated heterocycles. The summed E-state index contributed by atoms with van der Waals surface area (Å²) in [5.41, 5.74) is 4.33. The number of hydrogen-bond donors (Lipinski definition) is 2. The lowest BCUT2D eigenvalue weighted by Crippen LogP contribution is -2.32. The van der Waals surface area contributed by atoms with Crippen molar-refractivity contribution in [2.75, 3.05) is 6.61 Å². The van der Waals surface area contributed by atoms with Gasteiger partial charge in [0, 0.05) is 0 Å². The van der Waals surface area contributed by atoms with Gasteiger partial charge in [-0.05, 0) is 38.5 Å². The van der Waals surface area contributed by atoms with Crippen LogP contribution in [0.25, 0.3) is 0 Å². The zero-order chi connectivity index (χ0) is 9.90. The van der Waals surface area contributed by atoms with Crippen LogP contribution in [0.5, 0.6) is 0 Å². The van der Waals surface area contributed by atoms with Gasteiger partial charge in [-0.1, -0.05) is 0 Å². The largest absolute Gasteiger partial charge is 0.449 e. The molecule has 0 aromatic rings. The average molecular weight is 187 g/mol. The molecule has 1 saturated carbocycles. The van der Waals surface area contributed by atoms with E-state index >= 15 is 0 Å². The fraction of sp³-hybridized carbons (Fsp3) is 0.889. The molecule has 4 heteroatoms. The van der Waals surface area contributed by atoms with Crippen LogP contribution in [0, 0.1) is 5.92 Å². The van der Waals surface area contributed by atoms with Gasteiger partial charge in [-0.15, -0.1) is 0 Å². The predicted molar refractivity (Wildman–Crippen MR) is 48.1 cm³/mol. The number of carbonyl (C=O) groups excluding carboxylic acids is 1. The van der Waals surface area contributed by atoms with Crippen molar-refractivity contribution in [1.29, 1.82) is 0 Å². The maximum atomic E-state index is 10.3. The number of primary amides is 1. The molecule has 1 rings (SSSR count). The summed E-state index contributed by atoms with van der Waals surface area (Å²) in [6, 6.07) is 0. The molecule has 1 aliphatic carbocycles. The first-order valence-corrected chi connectivity index (χ1v) is 4.64. The summed E-state index contributed by atoms with van der Waals surface area (Å²) in [5.74, 6) is 0.368. The Bertz CT molecular complexity index is 181. The van der Waals surface area contributed by atoms with Crippen LogP contribution in [0.15, 0.2) is 0 Å². The molecule has 0 atom stereocenters. The summed E-state index contributed by atoms with van der Waals surface area (Å²) in [7, 11) is 0. The molecular weight excluding hydrogens is 170 g/mol. The summed E-state index contributed by atoms with van der Waals surface area (Å²) < 4.78 is 4.71. The Morgan fingerprint density at radius 3 is 2.62 bits per heavy atom. The molecule has 0 aromatic carbocycles. The minimum absolute atomic E-state index is 0.368. The molecule has 1 aliphatic rings. The molecule has 4 nitrogen and oxygen atoms in total. The third-order valence-electron chi connectivity index (χ3n) is 2.64. The fourth-order valence-corrected chi connectivity index (χ4v) is 1.67. The minimum atomic E-state index is -0.711. The Kier molecular flexibility index (Phi) is 3.14. The molecule has 3 N–H and O–H groups in total. The Balaban J connectivity index is 2.21. The van der Waals surface area contributed by atoms with Crippen molar-refractivity contribution in [2.45, 2.75) is 38.2 Å². The Hall–Kier alpha value is -0.770. The Labute approximate surface area is 78.1 Å². The van der Waals surface area contributed by atoms with E-state index in [2.05, 4.69) is 0 Å². The lowest BCUT2D eigenvalue weighted by atomic mass is 9.80. The Morgan fingerprint density at radius 2 is 2.15 bits per heavy atom. The number of nitrogens with two attached hydrogens (primary N) is 1. The molecular formula is C9H17NO3. The van der Waals surface area contributed by atoms with Crippen LogP contribution in [0.4, 0.5) is 4.79 Å². The van der Waals surface area contributed by atoms with E-state index in [1.807, 2.05) is 6.92 Å². The van der Waals surface area contributed by atoms with Crippen LogP contribution in [0.2, 0.25) is 0 Å². The van der Waals surface area contributed by atoms with Gasteiger partial charge in [0.2, 0.25) is 0 Å². The predicted octanol–water partition coefficient (Wildman–Crippen LogP) is 1.02. The van der Waals surface area contributed by atoms with Crippen LogP contribution >= 0.6 is 0 Å². The fourth-order valence-electron chi connectivity index (χ4n) is 1.67. The van der Waals surface area contributed by atoms with Crippen LogP contribution in [-0.4, -0.2) is 23.4 Å². The van der Waals surface area contributed by atoms with Crippen molar-refractivity contribution in [1.82, 2.24) is 0 Å². The highest BCUT2D eigenvalue weighted by molar-refractivity contribution is 5.64. The van der Waals surface area contributed by atoms with Gasteiger partial charge in [0.05, 0.1) is 12.2 Å². The monoisotopic (exact) mass is 187 g/mol. The quantitative estimate of drug-likeness (QED) is 0.678. The van der Waals surface area contributed by atoms with Gasteiger partial charge in [-0.2, -0.15) is 0 Å². The maximum absolute atomic E-state index is 10.3. The van der Waals surface area contributed by atoms with E-state index in [-0.39, 0.29) is 0 Å². The molecule has 13 heavy (non-hydrogen) atoms. The van der Waals surface area contributed by atoms with E-state index in [1.54, 1.807) is 0 Å². The van der Waals surface area contributed by atoms with Crippen LogP contribution in [0.3, 0.4) is 0 Å². The van der Waals surface area contributed by atoms with Gasteiger partial charge in [-0.3, -0.25) is 0 Å². The molecule has 0 radical (unpaired) electrons. The van der Waals surface area contributed by atoms with E-state index in [4.69, 9.17) is 10.5 Å². The lowest BCUT2D eigenvalue weighted by Gasteiger charge is -2.32. The number of amides is 1. The molecule has 0 heterocycles. The number of aliphatic hydroxyl groups is 1. The highest BCUT2D eigenvalue weighted by Crippen LogP contribution is 2.31. The van der Waals surface area contributed by atoms with Crippen LogP contribution in [0.1, 0.15) is 32.6 Å².